The van der Waals surface area contributed by atoms with Crippen LogP contribution in [0.1, 0.15) is 24.2 Å². The number of aromatic carboxylic acids is 1. The number of phenols is 1. The van der Waals surface area contributed by atoms with E-state index >= 15 is 0 Å². The molecule has 0 unspecified atom stereocenters. The van der Waals surface area contributed by atoms with Crippen LogP contribution in [0.4, 0.5) is 0 Å². The molecule has 4 heteroatoms. The molecule has 0 heterocycles. The van der Waals surface area contributed by atoms with Gasteiger partial charge >= 0.3 is 5.97 Å². The summed E-state index contributed by atoms with van der Waals surface area (Å²) >= 11 is 0. The van der Waals surface area contributed by atoms with E-state index in [9.17, 15) is 9.90 Å². The van der Waals surface area contributed by atoms with Crippen LogP contribution in [0.5, 0.6) is 11.5 Å². The van der Waals surface area contributed by atoms with Crippen molar-refractivity contribution in [3.8, 4) is 22.6 Å². The Morgan fingerprint density at radius 1 is 1.10 bits per heavy atom. The molecule has 0 spiro atoms. The van der Waals surface area contributed by atoms with Crippen LogP contribution in [0.25, 0.3) is 11.1 Å². The Kier molecular flexibility index (Phi) is 3.94. The third-order valence-corrected chi connectivity index (χ3v) is 2.77. The molecule has 0 atom stereocenters. The Labute approximate surface area is 117 Å². The Morgan fingerprint density at radius 3 is 2.45 bits per heavy atom. The summed E-state index contributed by atoms with van der Waals surface area (Å²) in [5, 5.41) is 18.5. The molecular formula is C16H16O4. The fourth-order valence-corrected chi connectivity index (χ4v) is 1.91. The lowest BCUT2D eigenvalue weighted by atomic mass is 10.0. The zero-order valence-electron chi connectivity index (χ0n) is 11.3. The predicted molar refractivity (Wildman–Crippen MR) is 76.3 cm³/mol. The lowest BCUT2D eigenvalue weighted by Crippen LogP contribution is -2.05. The number of carboxylic acids is 1. The molecule has 104 valence electrons. The van der Waals surface area contributed by atoms with E-state index in [-0.39, 0.29) is 17.4 Å². The summed E-state index contributed by atoms with van der Waals surface area (Å²) in [4.78, 5) is 11.0. The van der Waals surface area contributed by atoms with Gasteiger partial charge in [-0.3, -0.25) is 0 Å². The molecule has 2 N–H and O–H groups in total. The zero-order chi connectivity index (χ0) is 14.7. The van der Waals surface area contributed by atoms with Crippen molar-refractivity contribution in [1.82, 2.24) is 0 Å². The second kappa shape index (κ2) is 5.65. The van der Waals surface area contributed by atoms with Gasteiger partial charge in [-0.15, -0.1) is 0 Å². The van der Waals surface area contributed by atoms with Gasteiger partial charge in [0.05, 0.1) is 6.10 Å². The molecule has 0 aromatic heterocycles. The van der Waals surface area contributed by atoms with Crippen LogP contribution in [0.15, 0.2) is 42.5 Å². The van der Waals surface area contributed by atoms with E-state index in [1.165, 1.54) is 12.1 Å². The highest BCUT2D eigenvalue weighted by atomic mass is 16.5. The molecule has 2 rings (SSSR count). The van der Waals surface area contributed by atoms with E-state index in [2.05, 4.69) is 0 Å². The summed E-state index contributed by atoms with van der Waals surface area (Å²) in [6.45, 7) is 3.88. The minimum absolute atomic E-state index is 0.0691. The lowest BCUT2D eigenvalue weighted by molar-refractivity contribution is 0.0694. The van der Waals surface area contributed by atoms with E-state index in [4.69, 9.17) is 9.84 Å². The molecule has 2 aromatic rings. The van der Waals surface area contributed by atoms with E-state index in [0.717, 1.165) is 16.9 Å². The fraction of sp³-hybridized carbons (Fsp3) is 0.188. The standard InChI is InChI=1S/C16H16O4/c1-10(2)20-13-5-3-4-11(8-13)12-6-7-15(17)14(9-12)16(18)19/h3-10,17H,1-2H3,(H,18,19). The SMILES string of the molecule is CC(C)Oc1cccc(-c2ccc(O)c(C(=O)O)c2)c1. The number of aromatic hydroxyl groups is 1. The van der Waals surface area contributed by atoms with Crippen molar-refractivity contribution >= 4 is 5.97 Å². The van der Waals surface area contributed by atoms with Gasteiger partial charge in [-0.1, -0.05) is 18.2 Å². The zero-order valence-corrected chi connectivity index (χ0v) is 11.3. The monoisotopic (exact) mass is 272 g/mol. The van der Waals surface area contributed by atoms with Gasteiger partial charge in [0.2, 0.25) is 0 Å². The normalized spacial score (nSPS) is 10.6. The topological polar surface area (TPSA) is 66.8 Å². The van der Waals surface area contributed by atoms with E-state index in [1.54, 1.807) is 6.07 Å². The second-order valence-electron chi connectivity index (χ2n) is 4.73. The van der Waals surface area contributed by atoms with Crippen molar-refractivity contribution in [3.63, 3.8) is 0 Å². The number of carbonyl (C=O) groups is 1. The quantitative estimate of drug-likeness (QED) is 0.893. The first-order valence-corrected chi connectivity index (χ1v) is 6.31. The Balaban J connectivity index is 2.41. The molecule has 0 bridgehead atoms. The van der Waals surface area contributed by atoms with Gasteiger partial charge in [-0.05, 0) is 49.2 Å². The van der Waals surface area contributed by atoms with Gasteiger partial charge in [0.25, 0.3) is 0 Å². The van der Waals surface area contributed by atoms with Crippen molar-refractivity contribution < 1.29 is 19.7 Å². The molecular weight excluding hydrogens is 256 g/mol. The molecule has 20 heavy (non-hydrogen) atoms. The van der Waals surface area contributed by atoms with Crippen molar-refractivity contribution in [3.05, 3.63) is 48.0 Å². The minimum atomic E-state index is -1.15. The number of benzene rings is 2. The van der Waals surface area contributed by atoms with Crippen molar-refractivity contribution in [2.75, 3.05) is 0 Å². The number of hydrogen-bond acceptors (Lipinski definition) is 3. The van der Waals surface area contributed by atoms with Gasteiger partial charge in [0, 0.05) is 0 Å². The average molecular weight is 272 g/mol. The summed E-state index contributed by atoms with van der Waals surface area (Å²) in [7, 11) is 0. The summed E-state index contributed by atoms with van der Waals surface area (Å²) in [5.41, 5.74) is 1.44. The molecule has 0 aliphatic heterocycles. The first-order chi connectivity index (χ1) is 9.47. The number of rotatable bonds is 4. The van der Waals surface area contributed by atoms with Crippen molar-refractivity contribution in [2.45, 2.75) is 20.0 Å². The van der Waals surface area contributed by atoms with Crippen LogP contribution >= 0.6 is 0 Å². The smallest absolute Gasteiger partial charge is 0.339 e. The van der Waals surface area contributed by atoms with E-state index < -0.39 is 5.97 Å². The van der Waals surface area contributed by atoms with Crippen LogP contribution in [0.2, 0.25) is 0 Å². The minimum Gasteiger partial charge on any atom is -0.507 e. The second-order valence-corrected chi connectivity index (χ2v) is 4.73. The summed E-state index contributed by atoms with van der Waals surface area (Å²) in [6, 6.07) is 11.9. The maximum Gasteiger partial charge on any atom is 0.339 e. The van der Waals surface area contributed by atoms with Crippen LogP contribution in [-0.2, 0) is 0 Å². The molecule has 0 saturated heterocycles. The highest BCUT2D eigenvalue weighted by Crippen LogP contribution is 2.28. The van der Waals surface area contributed by atoms with Gasteiger partial charge in [0.1, 0.15) is 17.1 Å². The van der Waals surface area contributed by atoms with Gasteiger partial charge in [-0.25, -0.2) is 4.79 Å². The molecule has 0 radical (unpaired) electrons. The third kappa shape index (κ3) is 3.09. The first-order valence-electron chi connectivity index (χ1n) is 6.31. The molecule has 0 fully saturated rings. The molecule has 0 aliphatic rings. The maximum absolute atomic E-state index is 11.0. The Morgan fingerprint density at radius 2 is 1.80 bits per heavy atom. The molecule has 4 nitrogen and oxygen atoms in total. The summed E-state index contributed by atoms with van der Waals surface area (Å²) in [6.07, 6.45) is 0.0691. The van der Waals surface area contributed by atoms with E-state index in [0.29, 0.717) is 0 Å². The summed E-state index contributed by atoms with van der Waals surface area (Å²) in [5.74, 6) is -0.669. The summed E-state index contributed by atoms with van der Waals surface area (Å²) < 4.78 is 5.61. The van der Waals surface area contributed by atoms with Crippen molar-refractivity contribution in [2.24, 2.45) is 0 Å². The van der Waals surface area contributed by atoms with Crippen LogP contribution in [0, 0.1) is 0 Å². The largest absolute Gasteiger partial charge is 0.507 e. The number of ether oxygens (including phenoxy) is 1. The van der Waals surface area contributed by atoms with Gasteiger partial charge in [0.15, 0.2) is 0 Å². The van der Waals surface area contributed by atoms with Crippen molar-refractivity contribution in [1.29, 1.82) is 0 Å². The molecule has 0 aliphatic carbocycles. The number of hydrogen-bond donors (Lipinski definition) is 2. The van der Waals surface area contributed by atoms with Gasteiger partial charge < -0.3 is 14.9 Å². The highest BCUT2D eigenvalue weighted by Gasteiger charge is 2.11. The molecule has 0 saturated carbocycles. The van der Waals surface area contributed by atoms with Crippen LogP contribution in [-0.4, -0.2) is 22.3 Å². The lowest BCUT2D eigenvalue weighted by Gasteiger charge is -2.11. The van der Waals surface area contributed by atoms with Crippen LogP contribution < -0.4 is 4.74 Å². The average Bonchev–Trinajstić information content (AvgIpc) is 2.38. The maximum atomic E-state index is 11.0. The Bertz CT molecular complexity index is 632. The highest BCUT2D eigenvalue weighted by molar-refractivity contribution is 5.92. The predicted octanol–water partition coefficient (Wildman–Crippen LogP) is 3.54. The first kappa shape index (κ1) is 13.9. The Hall–Kier alpha value is -2.49. The molecule has 0 amide bonds. The third-order valence-electron chi connectivity index (χ3n) is 2.77. The van der Waals surface area contributed by atoms with Gasteiger partial charge in [-0.2, -0.15) is 0 Å². The van der Waals surface area contributed by atoms with Crippen LogP contribution in [0.3, 0.4) is 0 Å². The molecule has 2 aromatic carbocycles. The van der Waals surface area contributed by atoms with E-state index in [1.807, 2.05) is 38.1 Å². The number of carboxylic acid groups (broad SMARTS) is 1. The fourth-order valence-electron chi connectivity index (χ4n) is 1.91.